The summed E-state index contributed by atoms with van der Waals surface area (Å²) in [5.41, 5.74) is -0.747. The third-order valence-electron chi connectivity index (χ3n) is 2.98. The number of hydrogen-bond acceptors (Lipinski definition) is 5. The molecule has 2 rings (SSSR count). The molecule has 1 atom stereocenters. The van der Waals surface area contributed by atoms with Crippen LogP contribution in [0.15, 0.2) is 34.2 Å². The average Bonchev–Trinajstić information content (AvgIpc) is 2.50. The molecule has 10 heteroatoms. The first-order valence-electron chi connectivity index (χ1n) is 6.75. The molecule has 0 radical (unpaired) electrons. The van der Waals surface area contributed by atoms with Gasteiger partial charge in [-0.2, -0.15) is 13.2 Å². The van der Waals surface area contributed by atoms with Crippen molar-refractivity contribution in [3.8, 4) is 0 Å². The molecule has 0 aliphatic carbocycles. The number of nitrogens with one attached hydrogen (secondary N) is 2. The van der Waals surface area contributed by atoms with E-state index in [4.69, 9.17) is 0 Å². The van der Waals surface area contributed by atoms with Crippen molar-refractivity contribution < 1.29 is 18.0 Å². The van der Waals surface area contributed by atoms with Crippen LogP contribution in [-0.4, -0.2) is 26.3 Å². The number of carbonyl (C=O) groups excluding carboxylic acids is 1. The van der Waals surface area contributed by atoms with Gasteiger partial charge in [-0.15, -0.1) is 10.2 Å². The number of aromatic amines is 1. The Hall–Kier alpha value is -2.36. The van der Waals surface area contributed by atoms with Gasteiger partial charge in [0.25, 0.3) is 5.56 Å². The van der Waals surface area contributed by atoms with Crippen molar-refractivity contribution in [2.24, 2.45) is 0 Å². The van der Waals surface area contributed by atoms with Crippen molar-refractivity contribution >= 4 is 23.4 Å². The zero-order valence-corrected chi connectivity index (χ0v) is 13.5. The van der Waals surface area contributed by atoms with Crippen LogP contribution in [0, 0.1) is 6.92 Å². The zero-order chi connectivity index (χ0) is 17.9. The molecule has 2 aromatic rings. The van der Waals surface area contributed by atoms with Gasteiger partial charge in [0.15, 0.2) is 5.16 Å². The number of carbonyl (C=O) groups is 1. The normalized spacial score (nSPS) is 12.7. The Morgan fingerprint density at radius 2 is 1.88 bits per heavy atom. The molecule has 0 saturated carbocycles. The summed E-state index contributed by atoms with van der Waals surface area (Å²) in [5.74, 6) is -0.442. The van der Waals surface area contributed by atoms with Gasteiger partial charge < -0.3 is 5.32 Å². The van der Waals surface area contributed by atoms with Crippen LogP contribution in [0.1, 0.15) is 18.2 Å². The highest BCUT2D eigenvalue weighted by Crippen LogP contribution is 2.30. The van der Waals surface area contributed by atoms with Gasteiger partial charge >= 0.3 is 6.18 Å². The van der Waals surface area contributed by atoms with E-state index in [1.54, 1.807) is 6.92 Å². The van der Waals surface area contributed by atoms with Gasteiger partial charge in [-0.25, -0.2) is 0 Å². The van der Waals surface area contributed by atoms with E-state index in [0.29, 0.717) is 0 Å². The predicted octanol–water partition coefficient (Wildman–Crippen LogP) is 2.61. The lowest BCUT2D eigenvalue weighted by Gasteiger charge is -2.12. The van der Waals surface area contributed by atoms with Crippen LogP contribution in [0.25, 0.3) is 0 Å². The number of H-pyrrole nitrogens is 1. The summed E-state index contributed by atoms with van der Waals surface area (Å²) in [5, 5.41) is 9.46. The van der Waals surface area contributed by atoms with Gasteiger partial charge in [0.2, 0.25) is 5.91 Å². The number of aromatic nitrogens is 3. The first kappa shape index (κ1) is 18.0. The van der Waals surface area contributed by atoms with Gasteiger partial charge in [0.1, 0.15) is 5.69 Å². The summed E-state index contributed by atoms with van der Waals surface area (Å²) < 4.78 is 37.4. The van der Waals surface area contributed by atoms with Crippen LogP contribution in [0.3, 0.4) is 0 Å². The van der Waals surface area contributed by atoms with E-state index in [0.717, 1.165) is 23.9 Å². The summed E-state index contributed by atoms with van der Waals surface area (Å²) in [6, 6.07) is 4.12. The summed E-state index contributed by atoms with van der Waals surface area (Å²) in [6.07, 6.45) is -4.43. The van der Waals surface area contributed by atoms with E-state index < -0.39 is 28.5 Å². The Kier molecular flexibility index (Phi) is 5.27. The SMILES string of the molecule is Cc1nnc(SC(C)C(=O)Nc2ccc(C(F)(F)F)cc2)[nH]c1=O. The second-order valence-electron chi connectivity index (χ2n) is 4.87. The molecule has 0 bridgehead atoms. The lowest BCUT2D eigenvalue weighted by Crippen LogP contribution is -2.23. The largest absolute Gasteiger partial charge is 0.416 e. The van der Waals surface area contributed by atoms with Crippen molar-refractivity contribution in [2.75, 3.05) is 5.32 Å². The molecule has 1 heterocycles. The minimum absolute atomic E-state index is 0.181. The quantitative estimate of drug-likeness (QED) is 0.821. The monoisotopic (exact) mass is 358 g/mol. The fraction of sp³-hybridized carbons (Fsp3) is 0.286. The number of nitrogens with zero attached hydrogens (tertiary/aromatic N) is 2. The minimum atomic E-state index is -4.43. The minimum Gasteiger partial charge on any atom is -0.325 e. The lowest BCUT2D eigenvalue weighted by atomic mass is 10.2. The molecule has 1 unspecified atom stereocenters. The molecule has 6 nitrogen and oxygen atoms in total. The molecule has 24 heavy (non-hydrogen) atoms. The van der Waals surface area contributed by atoms with E-state index in [9.17, 15) is 22.8 Å². The number of alkyl halides is 3. The number of rotatable bonds is 4. The number of hydrogen-bond donors (Lipinski definition) is 2. The van der Waals surface area contributed by atoms with E-state index in [1.165, 1.54) is 19.1 Å². The topological polar surface area (TPSA) is 87.7 Å². The number of thioether (sulfide) groups is 1. The Labute approximate surface area is 138 Å². The Balaban J connectivity index is 2.00. The number of benzene rings is 1. The molecule has 0 saturated heterocycles. The molecule has 0 aliphatic rings. The maximum Gasteiger partial charge on any atom is 0.416 e. The van der Waals surface area contributed by atoms with E-state index in [-0.39, 0.29) is 16.5 Å². The van der Waals surface area contributed by atoms with Crippen LogP contribution < -0.4 is 10.9 Å². The van der Waals surface area contributed by atoms with Crippen molar-refractivity contribution in [1.82, 2.24) is 15.2 Å². The molecule has 1 aromatic heterocycles. The maximum absolute atomic E-state index is 12.5. The summed E-state index contributed by atoms with van der Waals surface area (Å²) in [7, 11) is 0. The molecule has 0 spiro atoms. The molecule has 1 amide bonds. The Morgan fingerprint density at radius 1 is 1.25 bits per heavy atom. The first-order valence-corrected chi connectivity index (χ1v) is 7.63. The van der Waals surface area contributed by atoms with Crippen molar-refractivity contribution in [1.29, 1.82) is 0 Å². The van der Waals surface area contributed by atoms with Gasteiger partial charge in [0.05, 0.1) is 10.8 Å². The fourth-order valence-corrected chi connectivity index (χ4v) is 2.38. The second-order valence-corrected chi connectivity index (χ2v) is 6.20. The van der Waals surface area contributed by atoms with Crippen LogP contribution in [-0.2, 0) is 11.0 Å². The van der Waals surface area contributed by atoms with E-state index in [1.807, 2.05) is 0 Å². The average molecular weight is 358 g/mol. The summed E-state index contributed by atoms with van der Waals surface area (Å²) in [6.45, 7) is 3.07. The third kappa shape index (κ3) is 4.57. The van der Waals surface area contributed by atoms with Gasteiger partial charge in [0, 0.05) is 5.69 Å². The van der Waals surface area contributed by atoms with E-state index >= 15 is 0 Å². The molecule has 2 N–H and O–H groups in total. The first-order chi connectivity index (χ1) is 11.2. The van der Waals surface area contributed by atoms with Crippen LogP contribution >= 0.6 is 11.8 Å². The third-order valence-corrected chi connectivity index (χ3v) is 3.95. The number of amides is 1. The fourth-order valence-electron chi connectivity index (χ4n) is 1.64. The van der Waals surface area contributed by atoms with Crippen molar-refractivity contribution in [3.05, 3.63) is 45.9 Å². The summed E-state index contributed by atoms with van der Waals surface area (Å²) in [4.78, 5) is 26.0. The van der Waals surface area contributed by atoms with Crippen LogP contribution in [0.4, 0.5) is 18.9 Å². The highest BCUT2D eigenvalue weighted by atomic mass is 32.2. The molecular weight excluding hydrogens is 345 g/mol. The Bertz CT molecular complexity index is 790. The van der Waals surface area contributed by atoms with Gasteiger partial charge in [-0.1, -0.05) is 11.8 Å². The highest BCUT2D eigenvalue weighted by molar-refractivity contribution is 8.00. The standard InChI is InChI=1S/C14H13F3N4O2S/c1-7-11(22)19-13(21-20-7)24-8(2)12(23)18-10-5-3-9(4-6-10)14(15,16)17/h3-6,8H,1-2H3,(H,18,23)(H,19,21,22). The number of halogens is 3. The predicted molar refractivity (Wildman–Crippen MR) is 82.8 cm³/mol. The van der Waals surface area contributed by atoms with Crippen molar-refractivity contribution in [2.45, 2.75) is 30.4 Å². The van der Waals surface area contributed by atoms with E-state index in [2.05, 4.69) is 20.5 Å². The number of aryl methyl sites for hydroxylation is 1. The smallest absolute Gasteiger partial charge is 0.325 e. The van der Waals surface area contributed by atoms with Crippen LogP contribution in [0.2, 0.25) is 0 Å². The molecule has 0 aliphatic heterocycles. The second kappa shape index (κ2) is 7.04. The number of anilines is 1. The summed E-state index contributed by atoms with van der Waals surface area (Å²) >= 11 is 0.980. The molecular formula is C14H13F3N4O2S. The van der Waals surface area contributed by atoms with Gasteiger partial charge in [-0.3, -0.25) is 14.6 Å². The maximum atomic E-state index is 12.5. The lowest BCUT2D eigenvalue weighted by molar-refractivity contribution is -0.137. The highest BCUT2D eigenvalue weighted by Gasteiger charge is 2.30. The molecule has 128 valence electrons. The zero-order valence-electron chi connectivity index (χ0n) is 12.6. The Morgan fingerprint density at radius 3 is 2.42 bits per heavy atom. The van der Waals surface area contributed by atoms with Crippen LogP contribution in [0.5, 0.6) is 0 Å². The van der Waals surface area contributed by atoms with Gasteiger partial charge in [-0.05, 0) is 38.1 Å². The molecule has 0 fully saturated rings. The molecule has 1 aromatic carbocycles. The van der Waals surface area contributed by atoms with Crippen molar-refractivity contribution in [3.63, 3.8) is 0 Å².